The Balaban J connectivity index is 1.67. The van der Waals surface area contributed by atoms with Crippen LogP contribution in [0.25, 0.3) is 0 Å². The summed E-state index contributed by atoms with van der Waals surface area (Å²) in [5.74, 6) is 0.586. The molecule has 5 nitrogen and oxygen atoms in total. The van der Waals surface area contributed by atoms with Gasteiger partial charge >= 0.3 is 0 Å². The van der Waals surface area contributed by atoms with E-state index >= 15 is 0 Å². The molecule has 1 aliphatic rings. The summed E-state index contributed by atoms with van der Waals surface area (Å²) >= 11 is 0. The maximum atomic E-state index is 13.3. The number of piperidine rings is 1. The molecule has 1 fully saturated rings. The molecular weight excluding hydrogens is 297 g/mol. The number of halogens is 1. The van der Waals surface area contributed by atoms with E-state index < -0.39 is 5.82 Å². The van der Waals surface area contributed by atoms with Crippen molar-refractivity contribution >= 4 is 5.91 Å². The van der Waals surface area contributed by atoms with Gasteiger partial charge in [0.1, 0.15) is 17.7 Å². The number of aryl methyl sites for hydroxylation is 1. The molecule has 1 saturated heterocycles. The fourth-order valence-electron chi connectivity index (χ4n) is 2.69. The number of nitrogens with zero attached hydrogens (tertiary/aromatic N) is 3. The van der Waals surface area contributed by atoms with Crippen molar-refractivity contribution in [1.82, 2.24) is 14.9 Å². The molecule has 0 saturated carbocycles. The van der Waals surface area contributed by atoms with Gasteiger partial charge in [0.15, 0.2) is 0 Å². The lowest BCUT2D eigenvalue weighted by Gasteiger charge is -2.32. The number of benzene rings is 1. The minimum absolute atomic E-state index is 0.115. The van der Waals surface area contributed by atoms with Crippen molar-refractivity contribution in [2.75, 3.05) is 13.1 Å². The fraction of sp³-hybridized carbons (Fsp3) is 0.353. The first-order valence-corrected chi connectivity index (χ1v) is 7.63. The first kappa shape index (κ1) is 15.4. The van der Waals surface area contributed by atoms with Crippen LogP contribution in [0.15, 0.2) is 36.5 Å². The molecule has 0 bridgehead atoms. The third kappa shape index (κ3) is 3.83. The Morgan fingerprint density at radius 2 is 2.26 bits per heavy atom. The van der Waals surface area contributed by atoms with E-state index in [9.17, 15) is 9.18 Å². The normalized spacial score (nSPS) is 17.8. The number of carbonyl (C=O) groups is 1. The summed E-state index contributed by atoms with van der Waals surface area (Å²) in [5, 5.41) is 0. The lowest BCUT2D eigenvalue weighted by Crippen LogP contribution is -2.44. The number of carbonyl (C=O) groups excluding carboxylic acids is 1. The largest absolute Gasteiger partial charge is 0.472 e. The van der Waals surface area contributed by atoms with Crippen LogP contribution < -0.4 is 4.74 Å². The Labute approximate surface area is 134 Å². The van der Waals surface area contributed by atoms with Crippen LogP contribution in [0.4, 0.5) is 4.39 Å². The molecule has 0 radical (unpaired) electrons. The number of ether oxygens (including phenoxy) is 1. The molecule has 1 amide bonds. The van der Waals surface area contributed by atoms with E-state index in [2.05, 4.69) is 9.97 Å². The molecule has 120 valence electrons. The highest BCUT2D eigenvalue weighted by molar-refractivity contribution is 5.94. The van der Waals surface area contributed by atoms with Gasteiger partial charge in [0.2, 0.25) is 5.88 Å². The maximum Gasteiger partial charge on any atom is 0.254 e. The van der Waals surface area contributed by atoms with E-state index in [1.807, 2.05) is 0 Å². The Hall–Kier alpha value is -2.50. The third-order valence-electron chi connectivity index (χ3n) is 3.77. The average molecular weight is 315 g/mol. The third-order valence-corrected chi connectivity index (χ3v) is 3.77. The van der Waals surface area contributed by atoms with E-state index in [0.29, 0.717) is 30.4 Å². The molecule has 2 heterocycles. The van der Waals surface area contributed by atoms with Gasteiger partial charge in [-0.15, -0.1) is 0 Å². The SMILES string of the molecule is Cc1nccc(OC2CCCN(C(=O)c3cccc(F)c3)C2)n1. The molecule has 3 rings (SSSR count). The Bertz CT molecular complexity index is 708. The standard InChI is InChI=1S/C17H18FN3O2/c1-12-19-8-7-16(20-12)23-15-6-3-9-21(11-15)17(22)13-4-2-5-14(18)10-13/h2,4-5,7-8,10,15H,3,6,9,11H2,1H3. The van der Waals surface area contributed by atoms with Crippen molar-refractivity contribution in [3.63, 3.8) is 0 Å². The summed E-state index contributed by atoms with van der Waals surface area (Å²) in [4.78, 5) is 22.4. The second-order valence-corrected chi connectivity index (χ2v) is 5.59. The Kier molecular flexibility index (Phi) is 4.50. The van der Waals surface area contributed by atoms with E-state index in [1.165, 1.54) is 12.1 Å². The minimum atomic E-state index is -0.405. The van der Waals surface area contributed by atoms with Gasteiger partial charge in [-0.1, -0.05) is 6.07 Å². The van der Waals surface area contributed by atoms with Crippen LogP contribution in [-0.2, 0) is 0 Å². The van der Waals surface area contributed by atoms with Crippen LogP contribution in [0.1, 0.15) is 29.0 Å². The topological polar surface area (TPSA) is 55.3 Å². The first-order valence-electron chi connectivity index (χ1n) is 7.63. The van der Waals surface area contributed by atoms with Crippen molar-refractivity contribution in [2.24, 2.45) is 0 Å². The molecule has 1 aromatic heterocycles. The van der Waals surface area contributed by atoms with Crippen LogP contribution in [0.2, 0.25) is 0 Å². The second-order valence-electron chi connectivity index (χ2n) is 5.59. The summed E-state index contributed by atoms with van der Waals surface area (Å²) in [6, 6.07) is 7.48. The molecule has 0 aliphatic carbocycles. The lowest BCUT2D eigenvalue weighted by molar-refractivity contribution is 0.0526. The van der Waals surface area contributed by atoms with Crippen molar-refractivity contribution in [3.8, 4) is 5.88 Å². The molecule has 0 N–H and O–H groups in total. The quantitative estimate of drug-likeness (QED) is 0.873. The second kappa shape index (κ2) is 6.73. The summed E-state index contributed by atoms with van der Waals surface area (Å²) in [7, 11) is 0. The Morgan fingerprint density at radius 3 is 3.04 bits per heavy atom. The number of amides is 1. The van der Waals surface area contributed by atoms with Crippen LogP contribution in [0.3, 0.4) is 0 Å². The summed E-state index contributed by atoms with van der Waals surface area (Å²) in [6.07, 6.45) is 3.23. The fourth-order valence-corrected chi connectivity index (χ4v) is 2.69. The van der Waals surface area contributed by atoms with Crippen LogP contribution >= 0.6 is 0 Å². The van der Waals surface area contributed by atoms with E-state index in [0.717, 1.165) is 12.8 Å². The average Bonchev–Trinajstić information content (AvgIpc) is 2.54. The summed E-state index contributed by atoms with van der Waals surface area (Å²) in [5.41, 5.74) is 0.364. The molecule has 1 aliphatic heterocycles. The van der Waals surface area contributed by atoms with Gasteiger partial charge in [0.25, 0.3) is 5.91 Å². The zero-order valence-corrected chi connectivity index (χ0v) is 12.9. The van der Waals surface area contributed by atoms with Gasteiger partial charge in [0.05, 0.1) is 6.54 Å². The van der Waals surface area contributed by atoms with Gasteiger partial charge in [-0.2, -0.15) is 4.98 Å². The van der Waals surface area contributed by atoms with Gasteiger partial charge in [0, 0.05) is 24.4 Å². The maximum absolute atomic E-state index is 13.3. The number of rotatable bonds is 3. The van der Waals surface area contributed by atoms with Crippen LogP contribution in [0, 0.1) is 12.7 Å². The molecule has 1 aromatic carbocycles. The predicted octanol–water partition coefficient (Wildman–Crippen LogP) is 2.61. The van der Waals surface area contributed by atoms with E-state index in [1.54, 1.807) is 36.2 Å². The smallest absolute Gasteiger partial charge is 0.254 e. The number of likely N-dealkylation sites (tertiary alicyclic amines) is 1. The molecule has 23 heavy (non-hydrogen) atoms. The van der Waals surface area contributed by atoms with Crippen molar-refractivity contribution < 1.29 is 13.9 Å². The molecular formula is C17H18FN3O2. The first-order chi connectivity index (χ1) is 11.1. The minimum Gasteiger partial charge on any atom is -0.472 e. The molecule has 0 spiro atoms. The van der Waals surface area contributed by atoms with Gasteiger partial charge in [-0.25, -0.2) is 9.37 Å². The summed E-state index contributed by atoms with van der Waals surface area (Å²) < 4.78 is 19.1. The molecule has 2 aromatic rings. The highest BCUT2D eigenvalue weighted by Crippen LogP contribution is 2.18. The zero-order valence-electron chi connectivity index (χ0n) is 12.9. The monoisotopic (exact) mass is 315 g/mol. The Morgan fingerprint density at radius 1 is 1.39 bits per heavy atom. The highest BCUT2D eigenvalue weighted by Gasteiger charge is 2.26. The number of aromatic nitrogens is 2. The van der Waals surface area contributed by atoms with Gasteiger partial charge in [-0.3, -0.25) is 4.79 Å². The van der Waals surface area contributed by atoms with Gasteiger partial charge < -0.3 is 9.64 Å². The number of hydrogen-bond acceptors (Lipinski definition) is 4. The highest BCUT2D eigenvalue weighted by atomic mass is 19.1. The molecule has 6 heteroatoms. The predicted molar refractivity (Wildman–Crippen MR) is 82.7 cm³/mol. The summed E-state index contributed by atoms with van der Waals surface area (Å²) in [6.45, 7) is 2.92. The van der Waals surface area contributed by atoms with Crippen LogP contribution in [-0.4, -0.2) is 40.0 Å². The van der Waals surface area contributed by atoms with Gasteiger partial charge in [-0.05, 0) is 38.0 Å². The van der Waals surface area contributed by atoms with E-state index in [-0.39, 0.29) is 12.0 Å². The zero-order chi connectivity index (χ0) is 16.2. The molecule has 1 unspecified atom stereocenters. The lowest BCUT2D eigenvalue weighted by atomic mass is 10.1. The van der Waals surface area contributed by atoms with Crippen molar-refractivity contribution in [2.45, 2.75) is 25.9 Å². The molecule has 1 atom stereocenters. The number of hydrogen-bond donors (Lipinski definition) is 0. The van der Waals surface area contributed by atoms with Crippen molar-refractivity contribution in [3.05, 3.63) is 53.7 Å². The van der Waals surface area contributed by atoms with Crippen molar-refractivity contribution in [1.29, 1.82) is 0 Å². The van der Waals surface area contributed by atoms with Crippen LogP contribution in [0.5, 0.6) is 5.88 Å². The van der Waals surface area contributed by atoms with E-state index in [4.69, 9.17) is 4.74 Å².